The summed E-state index contributed by atoms with van der Waals surface area (Å²) in [6, 6.07) is 15.3. The van der Waals surface area contributed by atoms with Crippen molar-refractivity contribution >= 4 is 68.3 Å². The molecule has 0 spiro atoms. The molecule has 10 heteroatoms. The van der Waals surface area contributed by atoms with Crippen LogP contribution in [0, 0.1) is 3.95 Å². The minimum absolute atomic E-state index is 0.107. The highest BCUT2D eigenvalue weighted by Crippen LogP contribution is 2.34. The maximum absolute atomic E-state index is 11.2. The van der Waals surface area contributed by atoms with Gasteiger partial charge in [-0.1, -0.05) is 41.3 Å². The quantitative estimate of drug-likeness (QED) is 0.232. The zero-order chi connectivity index (χ0) is 20.8. The molecule has 150 valence electrons. The molecule has 3 heterocycles. The Morgan fingerprint density at radius 1 is 1.20 bits per heavy atom. The molecule has 3 aromatic heterocycles. The highest BCUT2D eigenvalue weighted by atomic mass is 32.2. The van der Waals surface area contributed by atoms with Crippen LogP contribution in [0.15, 0.2) is 53.7 Å². The van der Waals surface area contributed by atoms with E-state index in [1.54, 1.807) is 7.11 Å². The lowest BCUT2D eigenvalue weighted by molar-refractivity contribution is -0.133. The van der Waals surface area contributed by atoms with Gasteiger partial charge in [0.25, 0.3) is 0 Å². The van der Waals surface area contributed by atoms with E-state index in [4.69, 9.17) is 26.9 Å². The molecular weight excluding hydrogens is 440 g/mol. The van der Waals surface area contributed by atoms with Crippen LogP contribution >= 0.6 is 35.3 Å². The summed E-state index contributed by atoms with van der Waals surface area (Å²) in [6.45, 7) is 0. The number of thioether (sulfide) groups is 1. The number of methoxy groups -OCH3 is 1. The summed E-state index contributed by atoms with van der Waals surface area (Å²) >= 11 is 8.26. The van der Waals surface area contributed by atoms with Crippen molar-refractivity contribution in [2.45, 2.75) is 5.16 Å². The summed E-state index contributed by atoms with van der Waals surface area (Å²) in [5.41, 5.74) is 3.88. The Hall–Kier alpha value is -2.95. The zero-order valence-corrected chi connectivity index (χ0v) is 18.1. The van der Waals surface area contributed by atoms with Crippen molar-refractivity contribution in [1.29, 1.82) is 0 Å². The molecule has 2 aromatic carbocycles. The number of benzene rings is 2. The molecule has 5 aromatic rings. The van der Waals surface area contributed by atoms with E-state index in [1.165, 1.54) is 11.3 Å². The first-order chi connectivity index (χ1) is 14.6. The van der Waals surface area contributed by atoms with Crippen molar-refractivity contribution in [3.05, 3.63) is 52.5 Å². The number of carbonyl (C=O) groups is 1. The van der Waals surface area contributed by atoms with E-state index in [0.29, 0.717) is 26.2 Å². The summed E-state index contributed by atoms with van der Waals surface area (Å²) in [4.78, 5) is 20.9. The molecule has 0 radical (unpaired) electrons. The summed E-state index contributed by atoms with van der Waals surface area (Å²) in [7, 11) is 1.61. The Morgan fingerprint density at radius 2 is 2.03 bits per heavy atom. The fraction of sp³-hybridized carbons (Fsp3) is 0.100. The minimum atomic E-state index is -0.908. The van der Waals surface area contributed by atoms with Gasteiger partial charge in [0.15, 0.2) is 20.4 Å². The molecule has 0 aliphatic heterocycles. The highest BCUT2D eigenvalue weighted by Gasteiger charge is 2.20. The average molecular weight is 455 g/mol. The second kappa shape index (κ2) is 7.38. The molecule has 0 aliphatic carbocycles. The number of para-hydroxylation sites is 2. The van der Waals surface area contributed by atoms with Gasteiger partial charge < -0.3 is 9.84 Å². The standard InChI is InChI=1S/C20H14N4O3S3/c1-27-12-6-4-5-11(9-12)23-18-16(30-20(23)28)17-21-13-7-2-3-8-14(13)24(17)19(22-18)29-10-15(25)26/h2-9H,10H2,1H3,(H,25,26). The molecule has 0 amide bonds. The van der Waals surface area contributed by atoms with Gasteiger partial charge >= 0.3 is 5.97 Å². The van der Waals surface area contributed by atoms with E-state index < -0.39 is 5.97 Å². The van der Waals surface area contributed by atoms with Crippen LogP contribution in [0.4, 0.5) is 0 Å². The van der Waals surface area contributed by atoms with Gasteiger partial charge in [0.05, 0.1) is 29.6 Å². The Labute approximate surface area is 183 Å². The Kier molecular flexibility index (Phi) is 4.69. The van der Waals surface area contributed by atoms with Crippen molar-refractivity contribution < 1.29 is 14.6 Å². The summed E-state index contributed by atoms with van der Waals surface area (Å²) in [5.74, 6) is -0.305. The van der Waals surface area contributed by atoms with Crippen LogP contribution in [0.2, 0.25) is 0 Å². The number of imidazole rings is 1. The number of carboxylic acid groups (broad SMARTS) is 1. The maximum Gasteiger partial charge on any atom is 0.313 e. The summed E-state index contributed by atoms with van der Waals surface area (Å²) < 4.78 is 10.6. The van der Waals surface area contributed by atoms with Crippen LogP contribution in [0.5, 0.6) is 5.75 Å². The first-order valence-corrected chi connectivity index (χ1v) is 11.1. The van der Waals surface area contributed by atoms with Gasteiger partial charge in [-0.15, -0.1) is 0 Å². The van der Waals surface area contributed by atoms with Gasteiger partial charge in [0.2, 0.25) is 0 Å². The number of hydrogen-bond donors (Lipinski definition) is 1. The largest absolute Gasteiger partial charge is 0.497 e. The van der Waals surface area contributed by atoms with E-state index in [9.17, 15) is 9.90 Å². The van der Waals surface area contributed by atoms with Crippen molar-refractivity contribution in [3.8, 4) is 11.4 Å². The topological polar surface area (TPSA) is 81.7 Å². The van der Waals surface area contributed by atoms with Gasteiger partial charge in [-0.3, -0.25) is 13.8 Å². The minimum Gasteiger partial charge on any atom is -0.497 e. The number of aromatic nitrogens is 4. The van der Waals surface area contributed by atoms with Crippen molar-refractivity contribution in [3.63, 3.8) is 0 Å². The van der Waals surface area contributed by atoms with Crippen LogP contribution in [-0.2, 0) is 4.79 Å². The molecular formula is C20H14N4O3S3. The third kappa shape index (κ3) is 3.04. The first kappa shape index (κ1) is 19.0. The van der Waals surface area contributed by atoms with Crippen molar-refractivity contribution in [2.75, 3.05) is 12.9 Å². The lowest BCUT2D eigenvalue weighted by Gasteiger charge is -2.09. The lowest BCUT2D eigenvalue weighted by atomic mass is 10.3. The van der Waals surface area contributed by atoms with Crippen LogP contribution < -0.4 is 4.74 Å². The van der Waals surface area contributed by atoms with E-state index in [2.05, 4.69) is 0 Å². The number of thiazole rings is 1. The Balaban J connectivity index is 1.87. The number of hydrogen-bond acceptors (Lipinski definition) is 7. The first-order valence-electron chi connectivity index (χ1n) is 8.88. The average Bonchev–Trinajstić information content (AvgIpc) is 3.29. The smallest absolute Gasteiger partial charge is 0.313 e. The molecule has 7 nitrogen and oxygen atoms in total. The Morgan fingerprint density at radius 3 is 2.83 bits per heavy atom. The van der Waals surface area contributed by atoms with E-state index in [0.717, 1.165) is 33.2 Å². The van der Waals surface area contributed by atoms with Crippen molar-refractivity contribution in [1.82, 2.24) is 18.9 Å². The second-order valence-corrected chi connectivity index (χ2v) is 8.98. The fourth-order valence-electron chi connectivity index (χ4n) is 3.33. The van der Waals surface area contributed by atoms with Gasteiger partial charge in [0, 0.05) is 6.07 Å². The lowest BCUT2D eigenvalue weighted by Crippen LogP contribution is -2.04. The zero-order valence-electron chi connectivity index (χ0n) is 15.6. The van der Waals surface area contributed by atoms with Crippen LogP contribution in [0.3, 0.4) is 0 Å². The molecule has 30 heavy (non-hydrogen) atoms. The van der Waals surface area contributed by atoms with Gasteiger partial charge in [-0.05, 0) is 36.5 Å². The normalized spacial score (nSPS) is 11.5. The monoisotopic (exact) mass is 454 g/mol. The molecule has 1 N–H and O–H groups in total. The molecule has 0 saturated heterocycles. The fourth-order valence-corrected chi connectivity index (χ4v) is 5.40. The molecule has 0 fully saturated rings. The van der Waals surface area contributed by atoms with Crippen LogP contribution in [-0.4, -0.2) is 42.9 Å². The number of fused-ring (bicyclic) bond motifs is 5. The molecule has 0 atom stereocenters. The number of nitrogens with zero attached hydrogens (tertiary/aromatic N) is 4. The molecule has 5 rings (SSSR count). The number of ether oxygens (including phenoxy) is 1. The second-order valence-electron chi connectivity index (χ2n) is 6.39. The number of rotatable bonds is 5. The highest BCUT2D eigenvalue weighted by molar-refractivity contribution is 7.99. The van der Waals surface area contributed by atoms with Crippen LogP contribution in [0.1, 0.15) is 0 Å². The van der Waals surface area contributed by atoms with E-state index in [1.807, 2.05) is 57.5 Å². The third-order valence-electron chi connectivity index (χ3n) is 4.58. The van der Waals surface area contributed by atoms with Gasteiger partial charge in [0.1, 0.15) is 10.4 Å². The number of aliphatic carboxylic acids is 1. The molecule has 0 bridgehead atoms. The molecule has 0 unspecified atom stereocenters. The van der Waals surface area contributed by atoms with Crippen molar-refractivity contribution in [2.24, 2.45) is 0 Å². The number of carboxylic acids is 1. The summed E-state index contributed by atoms with van der Waals surface area (Å²) in [6.07, 6.45) is 0. The predicted molar refractivity (Wildman–Crippen MR) is 121 cm³/mol. The maximum atomic E-state index is 11.2. The van der Waals surface area contributed by atoms with Gasteiger partial charge in [-0.25, -0.2) is 9.97 Å². The van der Waals surface area contributed by atoms with Gasteiger partial charge in [-0.2, -0.15) is 0 Å². The van der Waals surface area contributed by atoms with E-state index in [-0.39, 0.29) is 5.75 Å². The molecule has 0 aliphatic rings. The van der Waals surface area contributed by atoms with E-state index >= 15 is 0 Å². The molecule has 0 saturated carbocycles. The predicted octanol–water partition coefficient (Wildman–Crippen LogP) is 4.80. The summed E-state index contributed by atoms with van der Waals surface area (Å²) in [5, 5.41) is 9.76. The Bertz CT molecular complexity index is 1500. The third-order valence-corrected chi connectivity index (χ3v) is 6.86. The van der Waals surface area contributed by atoms with Crippen LogP contribution in [0.25, 0.3) is 32.7 Å². The SMILES string of the molecule is COc1cccc(-n2c(=S)sc3c2nc(SCC(=O)O)n2c4ccccc4nc32)c1.